The molecule has 1 heterocycles. The summed E-state index contributed by atoms with van der Waals surface area (Å²) < 4.78 is 5.75. The number of amides is 1. The van der Waals surface area contributed by atoms with Gasteiger partial charge in [-0.15, -0.1) is 0 Å². The highest BCUT2D eigenvalue weighted by Crippen LogP contribution is 2.40. The summed E-state index contributed by atoms with van der Waals surface area (Å²) in [6, 6.07) is 14.5. The van der Waals surface area contributed by atoms with Gasteiger partial charge in [-0.1, -0.05) is 30.3 Å². The first-order valence-corrected chi connectivity index (χ1v) is 7.72. The highest BCUT2D eigenvalue weighted by atomic mass is 16.3. The van der Waals surface area contributed by atoms with Crippen molar-refractivity contribution in [2.24, 2.45) is 5.73 Å². The van der Waals surface area contributed by atoms with E-state index in [0.717, 1.165) is 41.1 Å². The monoisotopic (exact) mass is 307 g/mol. The summed E-state index contributed by atoms with van der Waals surface area (Å²) in [6.45, 7) is 0. The number of primary amides is 1. The number of fused-ring (bicyclic) bond motifs is 1. The van der Waals surface area contributed by atoms with Crippen LogP contribution in [0.5, 0.6) is 0 Å². The molecule has 1 saturated carbocycles. The fourth-order valence-corrected chi connectivity index (χ4v) is 2.67. The first-order chi connectivity index (χ1) is 11.2. The lowest BCUT2D eigenvalue weighted by Gasteiger charge is -2.17. The molecule has 1 aromatic heterocycles. The van der Waals surface area contributed by atoms with E-state index in [1.165, 1.54) is 0 Å². The van der Waals surface area contributed by atoms with E-state index in [2.05, 4.69) is 10.3 Å². The lowest BCUT2D eigenvalue weighted by atomic mass is 10.1. The van der Waals surface area contributed by atoms with Crippen LogP contribution in [0.1, 0.15) is 36.3 Å². The molecule has 1 unspecified atom stereocenters. The van der Waals surface area contributed by atoms with E-state index in [0.29, 0.717) is 5.92 Å². The smallest absolute Gasteiger partial charge is 0.244 e. The first kappa shape index (κ1) is 13.8. The third-order valence-corrected chi connectivity index (χ3v) is 4.06. The van der Waals surface area contributed by atoms with E-state index in [1.54, 1.807) is 0 Å². The lowest BCUT2D eigenvalue weighted by Crippen LogP contribution is -2.27. The van der Waals surface area contributed by atoms with Gasteiger partial charge in [0.05, 0.1) is 0 Å². The Morgan fingerprint density at radius 3 is 2.70 bits per heavy atom. The van der Waals surface area contributed by atoms with Gasteiger partial charge in [0.15, 0.2) is 11.5 Å². The topological polar surface area (TPSA) is 81.2 Å². The van der Waals surface area contributed by atoms with Gasteiger partial charge in [-0.25, -0.2) is 4.98 Å². The van der Waals surface area contributed by atoms with Gasteiger partial charge in [0.1, 0.15) is 11.6 Å². The molecule has 0 radical (unpaired) electrons. The van der Waals surface area contributed by atoms with Crippen LogP contribution in [0.2, 0.25) is 0 Å². The summed E-state index contributed by atoms with van der Waals surface area (Å²) >= 11 is 0. The molecule has 23 heavy (non-hydrogen) atoms. The summed E-state index contributed by atoms with van der Waals surface area (Å²) in [6.07, 6.45) is 2.30. The zero-order valence-corrected chi connectivity index (χ0v) is 12.5. The molecule has 1 aliphatic carbocycles. The van der Waals surface area contributed by atoms with Gasteiger partial charge in [0.2, 0.25) is 5.91 Å². The molecule has 4 rings (SSSR count). The van der Waals surface area contributed by atoms with Gasteiger partial charge in [-0.2, -0.15) is 0 Å². The van der Waals surface area contributed by atoms with Crippen molar-refractivity contribution in [1.29, 1.82) is 0 Å². The van der Waals surface area contributed by atoms with Gasteiger partial charge in [0.25, 0.3) is 0 Å². The van der Waals surface area contributed by atoms with Gasteiger partial charge in [0, 0.05) is 11.6 Å². The molecule has 0 bridgehead atoms. The fraction of sp³-hybridized carbons (Fsp3) is 0.222. The number of benzene rings is 2. The molecule has 0 aliphatic heterocycles. The Kier molecular flexibility index (Phi) is 3.26. The number of anilines is 1. The Morgan fingerprint density at radius 1 is 1.22 bits per heavy atom. The molecule has 0 saturated heterocycles. The predicted octanol–water partition coefficient (Wildman–Crippen LogP) is 3.34. The van der Waals surface area contributed by atoms with E-state index in [-0.39, 0.29) is 0 Å². The van der Waals surface area contributed by atoms with Crippen molar-refractivity contribution in [3.63, 3.8) is 0 Å². The third-order valence-electron chi connectivity index (χ3n) is 4.06. The van der Waals surface area contributed by atoms with E-state index in [4.69, 9.17) is 10.2 Å². The van der Waals surface area contributed by atoms with E-state index in [1.807, 2.05) is 48.5 Å². The first-order valence-electron chi connectivity index (χ1n) is 7.72. The second-order valence-electron chi connectivity index (χ2n) is 5.90. The quantitative estimate of drug-likeness (QED) is 0.757. The number of aromatic nitrogens is 1. The molecular formula is C18H17N3O2. The Balaban J connectivity index is 1.63. The summed E-state index contributed by atoms with van der Waals surface area (Å²) in [5.41, 5.74) is 8.74. The Morgan fingerprint density at radius 2 is 2.00 bits per heavy atom. The minimum absolute atomic E-state index is 0.421. The maximum absolute atomic E-state index is 11.8. The van der Waals surface area contributed by atoms with Crippen molar-refractivity contribution in [2.75, 3.05) is 5.32 Å². The van der Waals surface area contributed by atoms with E-state index >= 15 is 0 Å². The number of carbonyl (C=O) groups is 1. The third kappa shape index (κ3) is 2.77. The lowest BCUT2D eigenvalue weighted by molar-refractivity contribution is -0.118. The predicted molar refractivity (Wildman–Crippen MR) is 88.0 cm³/mol. The molecular weight excluding hydrogens is 290 g/mol. The standard InChI is InChI=1S/C18H17N3O2/c19-17(22)16(11-4-2-1-3-5-11)20-13-8-9-15-14(10-13)21-18(23-15)12-6-7-12/h1-5,8-10,12,16,20H,6-7H2,(H2,19,22). The molecule has 116 valence electrons. The molecule has 1 aliphatic rings. The van der Waals surface area contributed by atoms with Crippen LogP contribution in [-0.2, 0) is 4.79 Å². The number of oxazole rings is 1. The second kappa shape index (κ2) is 5.43. The van der Waals surface area contributed by atoms with Crippen molar-refractivity contribution in [3.05, 3.63) is 60.0 Å². The van der Waals surface area contributed by atoms with Gasteiger partial charge in [-0.05, 0) is 36.6 Å². The number of carbonyl (C=O) groups excluding carboxylic acids is 1. The zero-order valence-electron chi connectivity index (χ0n) is 12.5. The van der Waals surface area contributed by atoms with Crippen LogP contribution >= 0.6 is 0 Å². The minimum atomic E-state index is -0.580. The summed E-state index contributed by atoms with van der Waals surface area (Å²) in [4.78, 5) is 16.3. The molecule has 1 atom stereocenters. The average Bonchev–Trinajstić information content (AvgIpc) is 3.32. The highest BCUT2D eigenvalue weighted by molar-refractivity contribution is 5.85. The van der Waals surface area contributed by atoms with Crippen molar-refractivity contribution >= 4 is 22.7 Å². The molecule has 5 heteroatoms. The van der Waals surface area contributed by atoms with Gasteiger partial charge < -0.3 is 15.5 Å². The van der Waals surface area contributed by atoms with Crippen LogP contribution in [0.4, 0.5) is 5.69 Å². The van der Waals surface area contributed by atoms with Crippen LogP contribution in [-0.4, -0.2) is 10.9 Å². The van der Waals surface area contributed by atoms with Crippen LogP contribution < -0.4 is 11.1 Å². The molecule has 3 aromatic rings. The average molecular weight is 307 g/mol. The SMILES string of the molecule is NC(=O)C(Nc1ccc2oc(C3CC3)nc2c1)c1ccccc1. The number of hydrogen-bond donors (Lipinski definition) is 2. The molecule has 3 N–H and O–H groups in total. The Labute approximate surface area is 133 Å². The van der Waals surface area contributed by atoms with Crippen LogP contribution in [0.3, 0.4) is 0 Å². The Hall–Kier alpha value is -2.82. The van der Waals surface area contributed by atoms with Gasteiger partial charge in [-0.3, -0.25) is 4.79 Å². The molecule has 0 spiro atoms. The number of rotatable bonds is 5. The highest BCUT2D eigenvalue weighted by Gasteiger charge is 2.29. The molecule has 2 aromatic carbocycles. The summed E-state index contributed by atoms with van der Waals surface area (Å²) in [5, 5.41) is 3.18. The van der Waals surface area contributed by atoms with Crippen LogP contribution in [0.25, 0.3) is 11.1 Å². The van der Waals surface area contributed by atoms with Crippen molar-refractivity contribution in [3.8, 4) is 0 Å². The molecule has 1 fully saturated rings. The second-order valence-corrected chi connectivity index (χ2v) is 5.90. The summed E-state index contributed by atoms with van der Waals surface area (Å²) in [7, 11) is 0. The summed E-state index contributed by atoms with van der Waals surface area (Å²) in [5.74, 6) is 0.864. The van der Waals surface area contributed by atoms with E-state index in [9.17, 15) is 4.79 Å². The Bertz CT molecular complexity index is 853. The normalized spacial score (nSPS) is 15.5. The maximum Gasteiger partial charge on any atom is 0.244 e. The number of nitrogens with two attached hydrogens (primary N) is 1. The zero-order chi connectivity index (χ0) is 15.8. The minimum Gasteiger partial charge on any atom is -0.440 e. The maximum atomic E-state index is 11.8. The fourth-order valence-electron chi connectivity index (χ4n) is 2.67. The van der Waals surface area contributed by atoms with E-state index < -0.39 is 11.9 Å². The molecule has 1 amide bonds. The molecule has 5 nitrogen and oxygen atoms in total. The van der Waals surface area contributed by atoms with Crippen molar-refractivity contribution in [2.45, 2.75) is 24.8 Å². The number of nitrogens with one attached hydrogen (secondary N) is 1. The van der Waals surface area contributed by atoms with Crippen LogP contribution in [0.15, 0.2) is 52.9 Å². The van der Waals surface area contributed by atoms with Crippen molar-refractivity contribution in [1.82, 2.24) is 4.98 Å². The number of nitrogens with zero attached hydrogens (tertiary/aromatic N) is 1. The number of hydrogen-bond acceptors (Lipinski definition) is 4. The van der Waals surface area contributed by atoms with Gasteiger partial charge >= 0.3 is 0 Å². The van der Waals surface area contributed by atoms with Crippen LogP contribution in [0, 0.1) is 0 Å². The van der Waals surface area contributed by atoms with Crippen molar-refractivity contribution < 1.29 is 9.21 Å². The largest absolute Gasteiger partial charge is 0.440 e.